The molecule has 0 fully saturated rings. The predicted molar refractivity (Wildman–Crippen MR) is 228 cm³/mol. The van der Waals surface area contributed by atoms with Crippen LogP contribution in [0.1, 0.15) is 0 Å². The van der Waals surface area contributed by atoms with Crippen LogP contribution in [0.15, 0.2) is 170 Å². The lowest BCUT2D eigenvalue weighted by atomic mass is 9.98. The van der Waals surface area contributed by atoms with Crippen LogP contribution < -0.4 is 4.90 Å². The number of nitrogens with zero attached hydrogens (tertiary/aromatic N) is 2. The number of thiazole rings is 1. The van der Waals surface area contributed by atoms with Crippen LogP contribution in [0, 0.1) is 0 Å². The molecule has 0 N–H and O–H groups in total. The normalized spacial score (nSPS) is 11.8. The lowest BCUT2D eigenvalue weighted by molar-refractivity contribution is 1.31. The third-order valence-corrected chi connectivity index (χ3v) is 13.4. The van der Waals surface area contributed by atoms with E-state index in [4.69, 9.17) is 4.98 Å². The van der Waals surface area contributed by atoms with Gasteiger partial charge in [-0.05, 0) is 82.6 Å². The van der Waals surface area contributed by atoms with Crippen molar-refractivity contribution in [2.75, 3.05) is 4.90 Å². The van der Waals surface area contributed by atoms with Crippen LogP contribution in [0.4, 0.5) is 17.1 Å². The Morgan fingerprint density at radius 3 is 2.02 bits per heavy atom. The zero-order chi connectivity index (χ0) is 34.2. The highest BCUT2D eigenvalue weighted by Gasteiger charge is 2.21. The Morgan fingerprint density at radius 2 is 1.12 bits per heavy atom. The largest absolute Gasteiger partial charge is 0.310 e. The Morgan fingerprint density at radius 1 is 0.404 bits per heavy atom. The highest BCUT2D eigenvalue weighted by molar-refractivity contribution is 7.27. The number of fused-ring (bicyclic) bond motifs is 8. The van der Waals surface area contributed by atoms with Gasteiger partial charge < -0.3 is 4.90 Å². The molecule has 11 rings (SSSR count). The smallest absolute Gasteiger partial charge is 0.124 e. The van der Waals surface area contributed by atoms with Crippen LogP contribution >= 0.6 is 34.0 Å². The van der Waals surface area contributed by atoms with E-state index >= 15 is 0 Å². The van der Waals surface area contributed by atoms with Crippen LogP contribution in [0.3, 0.4) is 0 Å². The maximum atomic E-state index is 5.14. The SMILES string of the molecule is c1ccc(-c2nc3cc4c(cc3s2)sc2cccc(N(c3ccc(-c5cccc6ccccc56)cc3)c3ccc5sc6ccccc6c5c3)c24)cc1. The minimum Gasteiger partial charge on any atom is -0.310 e. The van der Waals surface area contributed by atoms with Gasteiger partial charge >= 0.3 is 0 Å². The van der Waals surface area contributed by atoms with E-state index in [2.05, 4.69) is 175 Å². The predicted octanol–water partition coefficient (Wildman–Crippen LogP) is 15.0. The fourth-order valence-electron chi connectivity index (χ4n) is 7.67. The molecule has 0 unspecified atom stereocenters. The number of thiophene rings is 2. The van der Waals surface area contributed by atoms with Crippen LogP contribution in [0.2, 0.25) is 0 Å². The summed E-state index contributed by atoms with van der Waals surface area (Å²) in [5.74, 6) is 0. The Hall–Kier alpha value is -5.85. The van der Waals surface area contributed by atoms with Gasteiger partial charge in [-0.2, -0.15) is 0 Å². The highest BCUT2D eigenvalue weighted by Crippen LogP contribution is 2.48. The summed E-state index contributed by atoms with van der Waals surface area (Å²) in [6.07, 6.45) is 0. The summed E-state index contributed by atoms with van der Waals surface area (Å²) >= 11 is 5.49. The highest BCUT2D eigenvalue weighted by atomic mass is 32.1. The van der Waals surface area contributed by atoms with E-state index in [-0.39, 0.29) is 0 Å². The molecular weight excluding hydrogens is 689 g/mol. The summed E-state index contributed by atoms with van der Waals surface area (Å²) in [6, 6.07) is 62.0. The minimum atomic E-state index is 1.04. The molecule has 0 saturated heterocycles. The maximum absolute atomic E-state index is 5.14. The van der Waals surface area contributed by atoms with Crippen LogP contribution in [0.25, 0.3) is 83.0 Å². The minimum absolute atomic E-state index is 1.04. The molecule has 0 amide bonds. The van der Waals surface area contributed by atoms with Crippen LogP contribution in [-0.2, 0) is 0 Å². The van der Waals surface area contributed by atoms with Gasteiger partial charge in [0.05, 0.1) is 15.9 Å². The molecular formula is C47H28N2S3. The second-order valence-corrected chi connectivity index (χ2v) is 16.3. The average Bonchev–Trinajstić information content (AvgIpc) is 3.90. The van der Waals surface area contributed by atoms with Crippen molar-refractivity contribution in [2.24, 2.45) is 0 Å². The monoisotopic (exact) mass is 716 g/mol. The second-order valence-electron chi connectivity index (χ2n) is 13.1. The molecule has 0 bridgehead atoms. The number of rotatable bonds is 5. The number of benzene rings is 8. The molecule has 11 aromatic rings. The van der Waals surface area contributed by atoms with E-state index in [9.17, 15) is 0 Å². The topological polar surface area (TPSA) is 16.1 Å². The standard InChI is InChI=1S/C47H28N2S3/c1-2-11-31(12-3-1)47-48-39-27-38-44(28-45(39)52-47)51-43-19-9-17-40(46(38)43)49(33-24-25-42-37(26-33)36-15-6-7-18-41(36)50-42)32-22-20-30(21-23-32)35-16-8-13-29-10-4-5-14-34(29)35/h1-28H. The molecule has 0 spiro atoms. The number of aromatic nitrogens is 1. The lowest BCUT2D eigenvalue weighted by Crippen LogP contribution is -2.10. The molecule has 0 saturated carbocycles. The number of hydrogen-bond donors (Lipinski definition) is 0. The van der Waals surface area contributed by atoms with Gasteiger partial charge in [0.25, 0.3) is 0 Å². The first-order valence-electron chi connectivity index (χ1n) is 17.4. The molecule has 244 valence electrons. The van der Waals surface area contributed by atoms with Crippen molar-refractivity contribution in [2.45, 2.75) is 0 Å². The molecule has 0 radical (unpaired) electrons. The van der Waals surface area contributed by atoms with E-state index in [1.807, 2.05) is 22.7 Å². The molecule has 52 heavy (non-hydrogen) atoms. The summed E-state index contributed by atoms with van der Waals surface area (Å²) in [4.78, 5) is 7.59. The van der Waals surface area contributed by atoms with Gasteiger partial charge in [0.15, 0.2) is 0 Å². The summed E-state index contributed by atoms with van der Waals surface area (Å²) in [6.45, 7) is 0. The van der Waals surface area contributed by atoms with Crippen molar-refractivity contribution in [3.05, 3.63) is 170 Å². The molecule has 2 nitrogen and oxygen atoms in total. The van der Waals surface area contributed by atoms with Gasteiger partial charge in [0, 0.05) is 57.3 Å². The zero-order valence-corrected chi connectivity index (χ0v) is 30.2. The molecule has 0 atom stereocenters. The Labute approximate surface area is 312 Å². The quantitative estimate of drug-likeness (QED) is 0.176. The van der Waals surface area contributed by atoms with Crippen LogP contribution in [0.5, 0.6) is 0 Å². The fourth-order valence-corrected chi connectivity index (χ4v) is 11.0. The van der Waals surface area contributed by atoms with Gasteiger partial charge in [-0.1, -0.05) is 109 Å². The first kappa shape index (κ1) is 29.8. The number of hydrogen-bond acceptors (Lipinski definition) is 5. The summed E-state index contributed by atoms with van der Waals surface area (Å²) < 4.78 is 6.39. The zero-order valence-electron chi connectivity index (χ0n) is 27.8. The first-order valence-corrected chi connectivity index (χ1v) is 19.8. The Bertz CT molecular complexity index is 3130. The van der Waals surface area contributed by atoms with E-state index in [0.717, 1.165) is 27.5 Å². The van der Waals surface area contributed by atoms with Gasteiger partial charge in [-0.3, -0.25) is 0 Å². The molecule has 8 aromatic carbocycles. The third-order valence-electron chi connectivity index (χ3n) is 10.1. The van der Waals surface area contributed by atoms with Crippen LogP contribution in [-0.4, -0.2) is 4.98 Å². The Balaban J connectivity index is 1.13. The molecule has 0 aliphatic rings. The molecule has 3 aromatic heterocycles. The van der Waals surface area contributed by atoms with Crippen molar-refractivity contribution >= 4 is 112 Å². The molecule has 0 aliphatic carbocycles. The third kappa shape index (κ3) is 4.78. The maximum Gasteiger partial charge on any atom is 0.124 e. The summed E-state index contributed by atoms with van der Waals surface area (Å²) in [7, 11) is 0. The van der Waals surface area contributed by atoms with Crippen molar-refractivity contribution in [3.8, 4) is 21.7 Å². The van der Waals surface area contributed by atoms with Gasteiger partial charge in [0.2, 0.25) is 0 Å². The van der Waals surface area contributed by atoms with E-state index in [1.54, 1.807) is 11.3 Å². The van der Waals surface area contributed by atoms with E-state index in [0.29, 0.717) is 0 Å². The summed E-state index contributed by atoms with van der Waals surface area (Å²) in [5, 5.41) is 8.66. The van der Waals surface area contributed by atoms with Gasteiger partial charge in [0.1, 0.15) is 5.01 Å². The van der Waals surface area contributed by atoms with Crippen molar-refractivity contribution in [1.29, 1.82) is 0 Å². The number of anilines is 3. The average molecular weight is 717 g/mol. The van der Waals surface area contributed by atoms with Gasteiger partial charge in [-0.15, -0.1) is 34.0 Å². The first-order chi connectivity index (χ1) is 25.7. The lowest BCUT2D eigenvalue weighted by Gasteiger charge is -2.27. The van der Waals surface area contributed by atoms with Crippen molar-refractivity contribution in [1.82, 2.24) is 4.98 Å². The fraction of sp³-hybridized carbons (Fsp3) is 0. The van der Waals surface area contributed by atoms with Crippen molar-refractivity contribution in [3.63, 3.8) is 0 Å². The van der Waals surface area contributed by atoms with Gasteiger partial charge in [-0.25, -0.2) is 4.98 Å². The molecule has 5 heteroatoms. The molecule has 0 aliphatic heterocycles. The molecule has 3 heterocycles. The van der Waals surface area contributed by atoms with E-state index < -0.39 is 0 Å². The second kappa shape index (κ2) is 11.9. The van der Waals surface area contributed by atoms with Crippen molar-refractivity contribution < 1.29 is 0 Å². The van der Waals surface area contributed by atoms with E-state index in [1.165, 1.54) is 72.6 Å². The summed E-state index contributed by atoms with van der Waals surface area (Å²) in [5.41, 5.74) is 8.08. The Kier molecular flexibility index (Phi) is 6.80.